The van der Waals surface area contributed by atoms with Crippen molar-refractivity contribution in [3.8, 4) is 11.8 Å². The van der Waals surface area contributed by atoms with E-state index >= 15 is 0 Å². The highest BCUT2D eigenvalue weighted by Gasteiger charge is 2.28. The van der Waals surface area contributed by atoms with Crippen molar-refractivity contribution in [1.82, 2.24) is 0 Å². The van der Waals surface area contributed by atoms with E-state index in [2.05, 4.69) is 39.5 Å². The summed E-state index contributed by atoms with van der Waals surface area (Å²) in [5.41, 5.74) is -1.21. The molecular weight excluding hydrogens is 384 g/mol. The van der Waals surface area contributed by atoms with Crippen molar-refractivity contribution in [1.29, 1.82) is 0 Å². The summed E-state index contributed by atoms with van der Waals surface area (Å²) >= 11 is 0. The average Bonchev–Trinajstić information content (AvgIpc) is 2.58. The zero-order valence-corrected chi connectivity index (χ0v) is 20.5. The third-order valence-electron chi connectivity index (χ3n) is 4.20. The molecule has 2 N–H and O–H groups in total. The normalized spacial score (nSPS) is 17.9. The molecule has 0 rings (SSSR count). The van der Waals surface area contributed by atoms with Crippen LogP contribution in [0, 0.1) is 23.7 Å². The van der Waals surface area contributed by atoms with Gasteiger partial charge in [0.1, 0.15) is 11.2 Å². The molecule has 0 aromatic carbocycles. The van der Waals surface area contributed by atoms with Crippen LogP contribution in [0.3, 0.4) is 0 Å². The molecule has 0 amide bonds. The van der Waals surface area contributed by atoms with Gasteiger partial charge in [-0.25, -0.2) is 0 Å². The second kappa shape index (κ2) is 15.2. The van der Waals surface area contributed by atoms with E-state index in [-0.39, 0.29) is 0 Å². The van der Waals surface area contributed by atoms with Gasteiger partial charge in [-0.1, -0.05) is 39.5 Å². The summed E-state index contributed by atoms with van der Waals surface area (Å²) in [5, 5.41) is 18.6. The second-order valence-corrected chi connectivity index (χ2v) is 9.45. The maximum absolute atomic E-state index is 9.28. The number of aliphatic hydroxyl groups excluding tert-OH is 2. The Morgan fingerprint density at radius 3 is 1.23 bits per heavy atom. The molecule has 4 unspecified atom stereocenters. The van der Waals surface area contributed by atoms with E-state index in [1.165, 1.54) is 0 Å². The first kappa shape index (κ1) is 29.3. The minimum Gasteiger partial charge on any atom is -0.391 e. The highest BCUT2D eigenvalue weighted by atomic mass is 16.5. The average molecular weight is 431 g/mol. The molecule has 0 aliphatic rings. The number of aliphatic hydroxyl groups is 2. The summed E-state index contributed by atoms with van der Waals surface area (Å²) in [6.45, 7) is 18.3. The predicted octanol–water partition coefficient (Wildman–Crippen LogP) is 3.43. The number of hydrogen-bond acceptors (Lipinski definition) is 6. The smallest absolute Gasteiger partial charge is 0.126 e. The van der Waals surface area contributed by atoms with E-state index in [0.717, 1.165) is 12.8 Å². The molecule has 0 heterocycles. The zero-order valence-electron chi connectivity index (χ0n) is 20.5. The van der Waals surface area contributed by atoms with Crippen molar-refractivity contribution in [2.75, 3.05) is 39.6 Å². The summed E-state index contributed by atoms with van der Waals surface area (Å²) in [5.74, 6) is 7.55. The van der Waals surface area contributed by atoms with Gasteiger partial charge in [0.05, 0.1) is 51.8 Å². The Morgan fingerprint density at radius 2 is 0.967 bits per heavy atom. The van der Waals surface area contributed by atoms with Crippen molar-refractivity contribution in [3.63, 3.8) is 0 Å². The Labute approximate surface area is 184 Å². The van der Waals surface area contributed by atoms with E-state index in [9.17, 15) is 10.2 Å². The van der Waals surface area contributed by atoms with Crippen LogP contribution in [0.15, 0.2) is 0 Å². The molecule has 0 bridgehead atoms. The van der Waals surface area contributed by atoms with Crippen molar-refractivity contribution in [2.24, 2.45) is 11.8 Å². The van der Waals surface area contributed by atoms with Gasteiger partial charge in [0, 0.05) is 0 Å². The van der Waals surface area contributed by atoms with Gasteiger partial charge in [-0.15, -0.1) is 0 Å². The summed E-state index contributed by atoms with van der Waals surface area (Å²) in [6.07, 6.45) is 0.632. The van der Waals surface area contributed by atoms with E-state index in [0.29, 0.717) is 51.5 Å². The molecule has 4 atom stereocenters. The van der Waals surface area contributed by atoms with Gasteiger partial charge in [0.2, 0.25) is 0 Å². The van der Waals surface area contributed by atoms with Gasteiger partial charge >= 0.3 is 0 Å². The third-order valence-corrected chi connectivity index (χ3v) is 4.20. The first-order valence-electron chi connectivity index (χ1n) is 11.2. The topological polar surface area (TPSA) is 77.4 Å². The molecule has 0 spiro atoms. The fraction of sp³-hybridized carbons (Fsp3) is 0.917. The zero-order chi connectivity index (χ0) is 23.2. The second-order valence-electron chi connectivity index (χ2n) is 9.45. The fourth-order valence-electron chi connectivity index (χ4n) is 3.27. The Balaban J connectivity index is 5.05. The van der Waals surface area contributed by atoms with Crippen molar-refractivity contribution >= 4 is 0 Å². The Bertz CT molecular complexity index is 452. The molecule has 0 radical (unpaired) electrons. The van der Waals surface area contributed by atoms with Crippen LogP contribution in [0.25, 0.3) is 0 Å². The Morgan fingerprint density at radius 1 is 0.633 bits per heavy atom. The maximum Gasteiger partial charge on any atom is 0.126 e. The van der Waals surface area contributed by atoms with E-state index in [1.54, 1.807) is 13.8 Å². The Hall–Kier alpha value is -0.680. The minimum atomic E-state index is -0.604. The molecule has 6 nitrogen and oxygen atoms in total. The van der Waals surface area contributed by atoms with Gasteiger partial charge in [0.15, 0.2) is 0 Å². The lowest BCUT2D eigenvalue weighted by Crippen LogP contribution is -2.34. The highest BCUT2D eigenvalue weighted by molar-refractivity contribution is 5.21. The molecule has 0 aromatic heterocycles. The standard InChI is InChI=1S/C24H46O6/c1-19(2)15-23(7,29-13-11-27-17-21(5)25)9-10-24(8,16-20(3)4)30-14-12-28-18-22(6)26/h19-22,25-26H,11-18H2,1-8H3. The summed E-state index contributed by atoms with van der Waals surface area (Å²) in [7, 11) is 0. The van der Waals surface area contributed by atoms with Crippen molar-refractivity contribution in [2.45, 2.75) is 91.6 Å². The van der Waals surface area contributed by atoms with Gasteiger partial charge in [-0.3, -0.25) is 0 Å². The fourth-order valence-corrected chi connectivity index (χ4v) is 3.27. The van der Waals surface area contributed by atoms with Crippen LogP contribution in [0.2, 0.25) is 0 Å². The van der Waals surface area contributed by atoms with Crippen LogP contribution in [0.1, 0.15) is 68.2 Å². The maximum atomic E-state index is 9.28. The van der Waals surface area contributed by atoms with Crippen LogP contribution in [-0.2, 0) is 18.9 Å². The first-order valence-corrected chi connectivity index (χ1v) is 11.2. The first-order chi connectivity index (χ1) is 13.9. The van der Waals surface area contributed by atoms with Crippen LogP contribution >= 0.6 is 0 Å². The lowest BCUT2D eigenvalue weighted by molar-refractivity contribution is -0.0490. The molecule has 178 valence electrons. The Kier molecular flexibility index (Phi) is 14.8. The van der Waals surface area contributed by atoms with E-state index in [4.69, 9.17) is 18.9 Å². The molecule has 0 aliphatic carbocycles. The van der Waals surface area contributed by atoms with Crippen LogP contribution in [0.5, 0.6) is 0 Å². The van der Waals surface area contributed by atoms with Crippen LogP contribution in [0.4, 0.5) is 0 Å². The monoisotopic (exact) mass is 430 g/mol. The predicted molar refractivity (Wildman–Crippen MR) is 120 cm³/mol. The van der Waals surface area contributed by atoms with Crippen LogP contribution < -0.4 is 0 Å². The lowest BCUT2D eigenvalue weighted by Gasteiger charge is -2.30. The summed E-state index contributed by atoms with van der Waals surface area (Å²) in [6, 6.07) is 0. The lowest BCUT2D eigenvalue weighted by atomic mass is 9.90. The van der Waals surface area contributed by atoms with Gasteiger partial charge in [0.25, 0.3) is 0 Å². The molecule has 0 aromatic rings. The van der Waals surface area contributed by atoms with Crippen molar-refractivity contribution < 1.29 is 29.2 Å². The number of ether oxygens (including phenoxy) is 4. The van der Waals surface area contributed by atoms with E-state index in [1.807, 2.05) is 13.8 Å². The van der Waals surface area contributed by atoms with Crippen LogP contribution in [-0.4, -0.2) is 73.3 Å². The van der Waals surface area contributed by atoms with Gasteiger partial charge in [-0.2, -0.15) is 0 Å². The molecule has 0 aliphatic heterocycles. The van der Waals surface area contributed by atoms with E-state index < -0.39 is 23.4 Å². The third kappa shape index (κ3) is 16.1. The van der Waals surface area contributed by atoms with Gasteiger partial charge < -0.3 is 29.2 Å². The molecule has 0 saturated carbocycles. The summed E-state index contributed by atoms with van der Waals surface area (Å²) < 4.78 is 23.0. The van der Waals surface area contributed by atoms with Crippen molar-refractivity contribution in [3.05, 3.63) is 0 Å². The molecule has 6 heteroatoms. The minimum absolute atomic E-state index is 0.299. The molecular formula is C24H46O6. The highest BCUT2D eigenvalue weighted by Crippen LogP contribution is 2.24. The number of hydrogen-bond donors (Lipinski definition) is 2. The largest absolute Gasteiger partial charge is 0.391 e. The number of rotatable bonds is 16. The SMILES string of the molecule is CC(C)CC(C)(C#CC(C)(CC(C)C)OCCOCC(C)O)OCCOCC(C)O. The molecule has 30 heavy (non-hydrogen) atoms. The van der Waals surface area contributed by atoms with Gasteiger partial charge in [-0.05, 0) is 52.4 Å². The molecule has 0 saturated heterocycles. The molecule has 0 fully saturated rings. The quantitative estimate of drug-likeness (QED) is 0.289. The summed E-state index contributed by atoms with van der Waals surface area (Å²) in [4.78, 5) is 0.